The van der Waals surface area contributed by atoms with Gasteiger partial charge in [0.15, 0.2) is 0 Å². The Balaban J connectivity index is 1.53. The predicted octanol–water partition coefficient (Wildman–Crippen LogP) is 1.76. The molecule has 0 unspecified atom stereocenters. The smallest absolute Gasteiger partial charge is 0.238 e. The highest BCUT2D eigenvalue weighted by Gasteiger charge is 2.34. The SMILES string of the molecule is Cc1ccc(NC(=O)CN2C[C@@H]3CCCN[C@@H]3C2)cc1F. The number of carbonyl (C=O) groups is 1. The first-order chi connectivity index (χ1) is 10.1. The van der Waals surface area contributed by atoms with Crippen molar-refractivity contribution in [3.8, 4) is 0 Å². The molecule has 0 radical (unpaired) electrons. The Bertz CT molecular complexity index is 520. The zero-order chi connectivity index (χ0) is 14.8. The second-order valence-electron chi connectivity index (χ2n) is 6.17. The number of piperidine rings is 1. The summed E-state index contributed by atoms with van der Waals surface area (Å²) < 4.78 is 13.5. The molecule has 2 heterocycles. The number of nitrogens with zero attached hydrogens (tertiary/aromatic N) is 1. The third-order valence-corrected chi connectivity index (χ3v) is 4.50. The molecule has 1 aromatic carbocycles. The van der Waals surface area contributed by atoms with Crippen LogP contribution in [-0.2, 0) is 4.79 Å². The molecule has 114 valence electrons. The fourth-order valence-corrected chi connectivity index (χ4v) is 3.34. The topological polar surface area (TPSA) is 44.4 Å². The van der Waals surface area contributed by atoms with Crippen LogP contribution in [0.5, 0.6) is 0 Å². The minimum Gasteiger partial charge on any atom is -0.325 e. The molecule has 2 aliphatic rings. The average Bonchev–Trinajstić information content (AvgIpc) is 2.84. The summed E-state index contributed by atoms with van der Waals surface area (Å²) in [5, 5.41) is 6.30. The maximum atomic E-state index is 13.5. The number of halogens is 1. The fraction of sp³-hybridized carbons (Fsp3) is 0.562. The van der Waals surface area contributed by atoms with E-state index in [9.17, 15) is 9.18 Å². The lowest BCUT2D eigenvalue weighted by Gasteiger charge is -2.24. The number of amides is 1. The van der Waals surface area contributed by atoms with Crippen LogP contribution in [0.2, 0.25) is 0 Å². The Labute approximate surface area is 124 Å². The van der Waals surface area contributed by atoms with E-state index >= 15 is 0 Å². The summed E-state index contributed by atoms with van der Waals surface area (Å²) in [6, 6.07) is 5.32. The second-order valence-corrected chi connectivity index (χ2v) is 6.17. The molecule has 0 spiro atoms. The summed E-state index contributed by atoms with van der Waals surface area (Å²) in [4.78, 5) is 14.3. The Morgan fingerprint density at radius 2 is 2.33 bits per heavy atom. The van der Waals surface area contributed by atoms with E-state index < -0.39 is 0 Å². The first-order valence-corrected chi connectivity index (χ1v) is 7.63. The summed E-state index contributed by atoms with van der Waals surface area (Å²) >= 11 is 0. The number of nitrogens with one attached hydrogen (secondary N) is 2. The quantitative estimate of drug-likeness (QED) is 0.892. The lowest BCUT2D eigenvalue weighted by molar-refractivity contribution is -0.117. The molecule has 2 atom stereocenters. The second kappa shape index (κ2) is 6.12. The molecule has 2 N–H and O–H groups in total. The lowest BCUT2D eigenvalue weighted by Crippen LogP contribution is -2.41. The number of fused-ring (bicyclic) bond motifs is 1. The van der Waals surface area contributed by atoms with Crippen LogP contribution >= 0.6 is 0 Å². The zero-order valence-corrected chi connectivity index (χ0v) is 12.4. The van der Waals surface area contributed by atoms with Crippen molar-refractivity contribution in [1.29, 1.82) is 0 Å². The van der Waals surface area contributed by atoms with Crippen molar-refractivity contribution in [2.45, 2.75) is 25.8 Å². The van der Waals surface area contributed by atoms with Gasteiger partial charge >= 0.3 is 0 Å². The molecule has 0 aliphatic carbocycles. The molecule has 1 aromatic rings. The fourth-order valence-electron chi connectivity index (χ4n) is 3.34. The van der Waals surface area contributed by atoms with Crippen LogP contribution in [0.15, 0.2) is 18.2 Å². The van der Waals surface area contributed by atoms with E-state index in [-0.39, 0.29) is 11.7 Å². The number of aryl methyl sites for hydroxylation is 1. The third kappa shape index (κ3) is 3.41. The molecule has 2 aliphatic heterocycles. The van der Waals surface area contributed by atoms with Crippen molar-refractivity contribution in [2.24, 2.45) is 5.92 Å². The van der Waals surface area contributed by atoms with Crippen LogP contribution in [-0.4, -0.2) is 43.0 Å². The Morgan fingerprint density at radius 3 is 3.10 bits per heavy atom. The maximum Gasteiger partial charge on any atom is 0.238 e. The molecule has 2 fully saturated rings. The van der Waals surface area contributed by atoms with Crippen molar-refractivity contribution < 1.29 is 9.18 Å². The summed E-state index contributed by atoms with van der Waals surface area (Å²) in [6.07, 6.45) is 2.48. The highest BCUT2D eigenvalue weighted by molar-refractivity contribution is 5.92. The minimum atomic E-state index is -0.288. The minimum absolute atomic E-state index is 0.0723. The lowest BCUT2D eigenvalue weighted by atomic mass is 9.94. The van der Waals surface area contributed by atoms with E-state index in [1.54, 1.807) is 19.1 Å². The van der Waals surface area contributed by atoms with Crippen LogP contribution in [0.4, 0.5) is 10.1 Å². The molecule has 21 heavy (non-hydrogen) atoms. The summed E-state index contributed by atoms with van der Waals surface area (Å²) in [7, 11) is 0. The number of hydrogen-bond donors (Lipinski definition) is 2. The molecule has 0 saturated carbocycles. The van der Waals surface area contributed by atoms with Gasteiger partial charge in [-0.25, -0.2) is 4.39 Å². The van der Waals surface area contributed by atoms with Crippen LogP contribution in [0.3, 0.4) is 0 Å². The van der Waals surface area contributed by atoms with Gasteiger partial charge in [-0.05, 0) is 49.9 Å². The van der Waals surface area contributed by atoms with Crippen LogP contribution < -0.4 is 10.6 Å². The van der Waals surface area contributed by atoms with Gasteiger partial charge < -0.3 is 10.6 Å². The van der Waals surface area contributed by atoms with Crippen molar-refractivity contribution in [3.63, 3.8) is 0 Å². The number of likely N-dealkylation sites (tertiary alicyclic amines) is 1. The standard InChI is InChI=1S/C16H22FN3O/c1-11-4-5-13(7-14(11)17)19-16(21)10-20-8-12-3-2-6-18-15(12)9-20/h4-5,7,12,15,18H,2-3,6,8-10H2,1H3,(H,19,21)/t12-,15+/m0/s1. The molecular weight excluding hydrogens is 269 g/mol. The number of anilines is 1. The molecule has 1 amide bonds. The van der Waals surface area contributed by atoms with Crippen molar-refractivity contribution in [1.82, 2.24) is 10.2 Å². The molecule has 0 bridgehead atoms. The molecule has 3 rings (SSSR count). The summed E-state index contributed by atoms with van der Waals surface area (Å²) in [6.45, 7) is 5.08. The average molecular weight is 291 g/mol. The number of carbonyl (C=O) groups excluding carboxylic acids is 1. The summed E-state index contributed by atoms with van der Waals surface area (Å²) in [5.41, 5.74) is 1.11. The van der Waals surface area contributed by atoms with Crippen LogP contribution in [0.25, 0.3) is 0 Å². The number of rotatable bonds is 3. The summed E-state index contributed by atoms with van der Waals surface area (Å²) in [5.74, 6) is 0.310. The number of hydrogen-bond acceptors (Lipinski definition) is 3. The van der Waals surface area contributed by atoms with Crippen molar-refractivity contribution >= 4 is 11.6 Å². The van der Waals surface area contributed by atoms with E-state index in [1.165, 1.54) is 18.9 Å². The van der Waals surface area contributed by atoms with Crippen LogP contribution in [0.1, 0.15) is 18.4 Å². The molecular formula is C16H22FN3O. The number of benzene rings is 1. The Kier molecular flexibility index (Phi) is 4.22. The van der Waals surface area contributed by atoms with E-state index in [0.717, 1.165) is 19.6 Å². The van der Waals surface area contributed by atoms with Gasteiger partial charge in [0, 0.05) is 24.8 Å². The van der Waals surface area contributed by atoms with Gasteiger partial charge in [-0.2, -0.15) is 0 Å². The van der Waals surface area contributed by atoms with E-state index in [1.807, 2.05) is 0 Å². The molecule has 2 saturated heterocycles. The van der Waals surface area contributed by atoms with E-state index in [0.29, 0.717) is 29.8 Å². The van der Waals surface area contributed by atoms with Crippen molar-refractivity contribution in [3.05, 3.63) is 29.6 Å². The van der Waals surface area contributed by atoms with Gasteiger partial charge in [0.25, 0.3) is 0 Å². The van der Waals surface area contributed by atoms with Crippen molar-refractivity contribution in [2.75, 3.05) is 31.5 Å². The first-order valence-electron chi connectivity index (χ1n) is 7.63. The Hall–Kier alpha value is -1.46. The zero-order valence-electron chi connectivity index (χ0n) is 12.4. The van der Waals surface area contributed by atoms with Gasteiger partial charge in [0.1, 0.15) is 5.82 Å². The highest BCUT2D eigenvalue weighted by atomic mass is 19.1. The normalized spacial score (nSPS) is 25.6. The molecule has 0 aromatic heterocycles. The van der Waals surface area contributed by atoms with Gasteiger partial charge in [-0.15, -0.1) is 0 Å². The third-order valence-electron chi connectivity index (χ3n) is 4.50. The maximum absolute atomic E-state index is 13.5. The van der Waals surface area contributed by atoms with Gasteiger partial charge in [0.05, 0.1) is 6.54 Å². The largest absolute Gasteiger partial charge is 0.325 e. The molecule has 4 nitrogen and oxygen atoms in total. The predicted molar refractivity (Wildman–Crippen MR) is 80.7 cm³/mol. The monoisotopic (exact) mass is 291 g/mol. The van der Waals surface area contributed by atoms with E-state index in [2.05, 4.69) is 15.5 Å². The highest BCUT2D eigenvalue weighted by Crippen LogP contribution is 2.24. The van der Waals surface area contributed by atoms with Gasteiger partial charge in [-0.1, -0.05) is 6.07 Å². The first kappa shape index (κ1) is 14.5. The van der Waals surface area contributed by atoms with Gasteiger partial charge in [-0.3, -0.25) is 9.69 Å². The Morgan fingerprint density at radius 1 is 1.48 bits per heavy atom. The molecule has 5 heteroatoms. The van der Waals surface area contributed by atoms with Gasteiger partial charge in [0.2, 0.25) is 5.91 Å². The van der Waals surface area contributed by atoms with E-state index in [4.69, 9.17) is 0 Å². The van der Waals surface area contributed by atoms with Crippen LogP contribution in [0, 0.1) is 18.7 Å².